The van der Waals surface area contributed by atoms with Crippen molar-refractivity contribution < 1.29 is 13.5 Å². The van der Waals surface area contributed by atoms with E-state index in [-0.39, 0.29) is 5.75 Å². The standard InChI is InChI=1S/C8H17NO3S/c1-9-5-3-8(10,7-9)4-6-13(2,11)12/h10H,3-7H2,1-2H3. The van der Waals surface area contributed by atoms with Gasteiger partial charge in [-0.05, 0) is 19.9 Å². The summed E-state index contributed by atoms with van der Waals surface area (Å²) in [6.07, 6.45) is 2.24. The lowest BCUT2D eigenvalue weighted by molar-refractivity contribution is 0.0489. The zero-order valence-electron chi connectivity index (χ0n) is 8.15. The van der Waals surface area contributed by atoms with E-state index in [1.54, 1.807) is 0 Å². The Morgan fingerprint density at radius 2 is 2.15 bits per heavy atom. The third-order valence-electron chi connectivity index (χ3n) is 2.46. The second-order valence-electron chi connectivity index (χ2n) is 4.09. The fourth-order valence-corrected chi connectivity index (χ4v) is 2.39. The molecule has 1 saturated heterocycles. The van der Waals surface area contributed by atoms with Crippen LogP contribution in [0.5, 0.6) is 0 Å². The second-order valence-corrected chi connectivity index (χ2v) is 6.35. The Kier molecular flexibility index (Phi) is 2.99. The summed E-state index contributed by atoms with van der Waals surface area (Å²) in [6, 6.07) is 0. The van der Waals surface area contributed by atoms with Crippen molar-refractivity contribution >= 4 is 9.84 Å². The fraction of sp³-hybridized carbons (Fsp3) is 1.00. The Morgan fingerprint density at radius 1 is 1.54 bits per heavy atom. The molecule has 0 aromatic carbocycles. The summed E-state index contributed by atoms with van der Waals surface area (Å²) in [4.78, 5) is 2.02. The molecule has 0 aromatic heterocycles. The van der Waals surface area contributed by atoms with Crippen LogP contribution >= 0.6 is 0 Å². The minimum atomic E-state index is -2.95. The van der Waals surface area contributed by atoms with Crippen molar-refractivity contribution in [3.05, 3.63) is 0 Å². The molecule has 1 aliphatic rings. The molecule has 78 valence electrons. The molecule has 0 saturated carbocycles. The van der Waals surface area contributed by atoms with E-state index in [4.69, 9.17) is 0 Å². The van der Waals surface area contributed by atoms with Gasteiger partial charge in [-0.1, -0.05) is 0 Å². The predicted octanol–water partition coefficient (Wildman–Crippen LogP) is -0.512. The van der Waals surface area contributed by atoms with Crippen LogP contribution in [-0.4, -0.2) is 56.2 Å². The number of sulfone groups is 1. The van der Waals surface area contributed by atoms with E-state index in [0.717, 1.165) is 6.54 Å². The van der Waals surface area contributed by atoms with Gasteiger partial charge in [0.1, 0.15) is 9.84 Å². The molecule has 1 atom stereocenters. The van der Waals surface area contributed by atoms with Crippen molar-refractivity contribution in [2.45, 2.75) is 18.4 Å². The molecule has 0 spiro atoms. The molecular formula is C8H17NO3S. The van der Waals surface area contributed by atoms with Gasteiger partial charge in [0.05, 0.1) is 11.4 Å². The maximum absolute atomic E-state index is 10.9. The highest BCUT2D eigenvalue weighted by Gasteiger charge is 2.34. The third kappa shape index (κ3) is 3.62. The Balaban J connectivity index is 2.45. The number of hydrogen-bond acceptors (Lipinski definition) is 4. The van der Waals surface area contributed by atoms with Gasteiger partial charge in [0.25, 0.3) is 0 Å². The summed E-state index contributed by atoms with van der Waals surface area (Å²) in [6.45, 7) is 1.43. The second kappa shape index (κ2) is 3.55. The molecule has 1 aliphatic heterocycles. The monoisotopic (exact) mass is 207 g/mol. The van der Waals surface area contributed by atoms with Crippen LogP contribution in [0.25, 0.3) is 0 Å². The van der Waals surface area contributed by atoms with Crippen molar-refractivity contribution in [2.75, 3.05) is 32.1 Å². The smallest absolute Gasteiger partial charge is 0.147 e. The summed E-state index contributed by atoms with van der Waals surface area (Å²) in [7, 11) is -1.02. The molecule has 1 rings (SSSR count). The van der Waals surface area contributed by atoms with Crippen molar-refractivity contribution in [3.8, 4) is 0 Å². The van der Waals surface area contributed by atoms with Crippen LogP contribution in [0, 0.1) is 0 Å². The lowest BCUT2D eigenvalue weighted by Crippen LogP contribution is -2.34. The number of likely N-dealkylation sites (N-methyl/N-ethyl adjacent to an activating group) is 1. The summed E-state index contributed by atoms with van der Waals surface area (Å²) in [5, 5.41) is 9.92. The first-order chi connectivity index (χ1) is 5.81. The minimum absolute atomic E-state index is 0.0807. The molecule has 0 radical (unpaired) electrons. The summed E-state index contributed by atoms with van der Waals surface area (Å²) in [5.74, 6) is 0.0807. The van der Waals surface area contributed by atoms with Crippen LogP contribution in [0.4, 0.5) is 0 Å². The van der Waals surface area contributed by atoms with Gasteiger partial charge in [0.15, 0.2) is 0 Å². The quantitative estimate of drug-likeness (QED) is 0.677. The maximum atomic E-state index is 10.9. The topological polar surface area (TPSA) is 57.6 Å². The van der Waals surface area contributed by atoms with E-state index < -0.39 is 15.4 Å². The number of likely N-dealkylation sites (tertiary alicyclic amines) is 1. The highest BCUT2D eigenvalue weighted by Crippen LogP contribution is 2.23. The average Bonchev–Trinajstić information content (AvgIpc) is 2.27. The predicted molar refractivity (Wildman–Crippen MR) is 51.4 cm³/mol. The average molecular weight is 207 g/mol. The number of β-amino-alcohol motifs (C(OH)–C–C–N with tert-alkyl or cyclic N) is 1. The summed E-state index contributed by atoms with van der Waals surface area (Å²) in [5.41, 5.74) is -0.780. The summed E-state index contributed by atoms with van der Waals surface area (Å²) < 4.78 is 21.8. The van der Waals surface area contributed by atoms with E-state index in [0.29, 0.717) is 19.4 Å². The third-order valence-corrected chi connectivity index (χ3v) is 3.41. The van der Waals surface area contributed by atoms with Gasteiger partial charge in [-0.25, -0.2) is 8.42 Å². The first-order valence-corrected chi connectivity index (χ1v) is 6.45. The molecule has 5 heteroatoms. The SMILES string of the molecule is CN1CCC(O)(CCS(C)(=O)=O)C1. The van der Waals surface area contributed by atoms with E-state index in [2.05, 4.69) is 0 Å². The van der Waals surface area contributed by atoms with E-state index >= 15 is 0 Å². The molecule has 1 fully saturated rings. The Bertz CT molecular complexity index is 275. The molecular weight excluding hydrogens is 190 g/mol. The maximum Gasteiger partial charge on any atom is 0.147 e. The van der Waals surface area contributed by atoms with E-state index in [1.807, 2.05) is 11.9 Å². The van der Waals surface area contributed by atoms with Crippen LogP contribution in [0.3, 0.4) is 0 Å². The van der Waals surface area contributed by atoms with Crippen molar-refractivity contribution in [1.82, 2.24) is 4.90 Å². The van der Waals surface area contributed by atoms with Gasteiger partial charge in [-0.2, -0.15) is 0 Å². The van der Waals surface area contributed by atoms with Crippen LogP contribution in [0.1, 0.15) is 12.8 Å². The normalized spacial score (nSPS) is 31.0. The van der Waals surface area contributed by atoms with Gasteiger partial charge >= 0.3 is 0 Å². The fourth-order valence-electron chi connectivity index (χ4n) is 1.64. The van der Waals surface area contributed by atoms with Crippen LogP contribution < -0.4 is 0 Å². The van der Waals surface area contributed by atoms with Crippen LogP contribution in [0.2, 0.25) is 0 Å². The Morgan fingerprint density at radius 3 is 2.54 bits per heavy atom. The summed E-state index contributed by atoms with van der Waals surface area (Å²) >= 11 is 0. The highest BCUT2D eigenvalue weighted by molar-refractivity contribution is 7.90. The van der Waals surface area contributed by atoms with Crippen molar-refractivity contribution in [3.63, 3.8) is 0 Å². The molecule has 1 heterocycles. The molecule has 0 aliphatic carbocycles. The molecule has 1 unspecified atom stereocenters. The van der Waals surface area contributed by atoms with Crippen LogP contribution in [-0.2, 0) is 9.84 Å². The molecule has 13 heavy (non-hydrogen) atoms. The first kappa shape index (κ1) is 10.9. The van der Waals surface area contributed by atoms with Crippen molar-refractivity contribution in [2.24, 2.45) is 0 Å². The molecule has 1 N–H and O–H groups in total. The Hall–Kier alpha value is -0.130. The van der Waals surface area contributed by atoms with Crippen LogP contribution in [0.15, 0.2) is 0 Å². The van der Waals surface area contributed by atoms with Gasteiger partial charge in [-0.3, -0.25) is 0 Å². The lowest BCUT2D eigenvalue weighted by Gasteiger charge is -2.21. The zero-order valence-corrected chi connectivity index (χ0v) is 8.97. The van der Waals surface area contributed by atoms with Gasteiger partial charge < -0.3 is 10.0 Å². The first-order valence-electron chi connectivity index (χ1n) is 4.39. The molecule has 4 nitrogen and oxygen atoms in total. The van der Waals surface area contributed by atoms with E-state index in [9.17, 15) is 13.5 Å². The van der Waals surface area contributed by atoms with Gasteiger partial charge in [0.2, 0.25) is 0 Å². The Labute approximate surface area is 79.5 Å². The number of aliphatic hydroxyl groups is 1. The van der Waals surface area contributed by atoms with Gasteiger partial charge in [0, 0.05) is 19.3 Å². The highest BCUT2D eigenvalue weighted by atomic mass is 32.2. The number of nitrogens with zero attached hydrogens (tertiary/aromatic N) is 1. The molecule has 0 bridgehead atoms. The number of hydrogen-bond donors (Lipinski definition) is 1. The lowest BCUT2D eigenvalue weighted by atomic mass is 10.0. The largest absolute Gasteiger partial charge is 0.388 e. The van der Waals surface area contributed by atoms with E-state index in [1.165, 1.54) is 6.26 Å². The molecule has 0 aromatic rings. The minimum Gasteiger partial charge on any atom is -0.388 e. The van der Waals surface area contributed by atoms with Gasteiger partial charge in [-0.15, -0.1) is 0 Å². The zero-order chi connectivity index (χ0) is 10.1. The molecule has 0 amide bonds. The number of rotatable bonds is 3. The van der Waals surface area contributed by atoms with Crippen molar-refractivity contribution in [1.29, 1.82) is 0 Å².